The van der Waals surface area contributed by atoms with E-state index in [1.807, 2.05) is 16.8 Å². The molecule has 0 radical (unpaired) electrons. The van der Waals surface area contributed by atoms with E-state index < -0.39 is 0 Å². The molecule has 8 heteroatoms. The third-order valence-electron chi connectivity index (χ3n) is 4.66. The average Bonchev–Trinajstić information content (AvgIpc) is 3.28. The maximum atomic E-state index is 12.3. The molecular formula is C20H24N4O3S. The molecule has 1 aliphatic rings. The summed E-state index contributed by atoms with van der Waals surface area (Å²) in [5, 5.41) is 9.30. The largest absolute Gasteiger partial charge is 0.351 e. The predicted molar refractivity (Wildman–Crippen MR) is 108 cm³/mol. The van der Waals surface area contributed by atoms with Crippen LogP contribution in [0.1, 0.15) is 20.7 Å². The van der Waals surface area contributed by atoms with E-state index in [-0.39, 0.29) is 24.3 Å². The normalized spacial score (nSPS) is 14.5. The smallest absolute Gasteiger partial charge is 0.252 e. The molecule has 0 unspecified atom stereocenters. The molecular weight excluding hydrogens is 376 g/mol. The SMILES string of the molecule is O=C(NCCN1CCN(C(=O)CNC(=O)c2ccccc2)CC1)c1ccsc1. The molecule has 0 spiro atoms. The Bertz CT molecular complexity index is 787. The van der Waals surface area contributed by atoms with Crippen LogP contribution in [0.2, 0.25) is 0 Å². The molecule has 2 aromatic rings. The zero-order chi connectivity index (χ0) is 19.8. The number of nitrogens with one attached hydrogen (secondary N) is 2. The second-order valence-corrected chi connectivity index (χ2v) is 7.32. The third kappa shape index (κ3) is 5.64. The van der Waals surface area contributed by atoms with Gasteiger partial charge in [0, 0.05) is 55.8 Å². The summed E-state index contributed by atoms with van der Waals surface area (Å²) in [5.41, 5.74) is 1.24. The van der Waals surface area contributed by atoms with Crippen molar-refractivity contribution in [3.05, 3.63) is 58.3 Å². The molecule has 2 N–H and O–H groups in total. The Morgan fingerprint density at radius 2 is 1.61 bits per heavy atom. The van der Waals surface area contributed by atoms with Gasteiger partial charge in [0.1, 0.15) is 0 Å². The van der Waals surface area contributed by atoms with E-state index in [1.165, 1.54) is 11.3 Å². The molecule has 7 nitrogen and oxygen atoms in total. The van der Waals surface area contributed by atoms with Gasteiger partial charge in [-0.1, -0.05) is 18.2 Å². The molecule has 1 fully saturated rings. The summed E-state index contributed by atoms with van der Waals surface area (Å²) in [6, 6.07) is 10.7. The number of carbonyl (C=O) groups is 3. The van der Waals surface area contributed by atoms with Gasteiger partial charge in [-0.2, -0.15) is 11.3 Å². The van der Waals surface area contributed by atoms with Crippen LogP contribution in [-0.4, -0.2) is 73.3 Å². The molecule has 28 heavy (non-hydrogen) atoms. The minimum Gasteiger partial charge on any atom is -0.351 e. The highest BCUT2D eigenvalue weighted by molar-refractivity contribution is 7.08. The summed E-state index contributed by atoms with van der Waals surface area (Å²) < 4.78 is 0. The van der Waals surface area contributed by atoms with Crippen molar-refractivity contribution in [1.29, 1.82) is 0 Å². The van der Waals surface area contributed by atoms with Gasteiger partial charge in [0.05, 0.1) is 6.54 Å². The van der Waals surface area contributed by atoms with Gasteiger partial charge in [-0.3, -0.25) is 19.3 Å². The van der Waals surface area contributed by atoms with Gasteiger partial charge in [0.25, 0.3) is 11.8 Å². The van der Waals surface area contributed by atoms with Crippen molar-refractivity contribution in [2.24, 2.45) is 0 Å². The summed E-state index contributed by atoms with van der Waals surface area (Å²) in [4.78, 5) is 40.2. The summed E-state index contributed by atoms with van der Waals surface area (Å²) in [6.45, 7) is 4.10. The van der Waals surface area contributed by atoms with Crippen molar-refractivity contribution < 1.29 is 14.4 Å². The molecule has 0 atom stereocenters. The molecule has 1 saturated heterocycles. The zero-order valence-electron chi connectivity index (χ0n) is 15.6. The molecule has 3 amide bonds. The minimum atomic E-state index is -0.242. The molecule has 1 aromatic carbocycles. The van der Waals surface area contributed by atoms with E-state index in [1.54, 1.807) is 35.2 Å². The number of nitrogens with zero attached hydrogens (tertiary/aromatic N) is 2. The topological polar surface area (TPSA) is 81.8 Å². The second kappa shape index (κ2) is 10.0. The first-order valence-electron chi connectivity index (χ1n) is 9.27. The van der Waals surface area contributed by atoms with Crippen LogP contribution < -0.4 is 10.6 Å². The van der Waals surface area contributed by atoms with Crippen molar-refractivity contribution in [3.63, 3.8) is 0 Å². The number of rotatable bonds is 7. The van der Waals surface area contributed by atoms with E-state index in [2.05, 4.69) is 15.5 Å². The Labute approximate surface area is 168 Å². The number of hydrogen-bond acceptors (Lipinski definition) is 5. The lowest BCUT2D eigenvalue weighted by molar-refractivity contribution is -0.131. The number of thiophene rings is 1. The lowest BCUT2D eigenvalue weighted by Crippen LogP contribution is -2.52. The molecule has 0 bridgehead atoms. The van der Waals surface area contributed by atoms with Gasteiger partial charge in [-0.15, -0.1) is 0 Å². The van der Waals surface area contributed by atoms with E-state index in [0.717, 1.165) is 19.6 Å². The van der Waals surface area contributed by atoms with E-state index in [9.17, 15) is 14.4 Å². The molecule has 1 aromatic heterocycles. The summed E-state index contributed by atoms with van der Waals surface area (Å²) in [5.74, 6) is -0.368. The molecule has 1 aliphatic heterocycles. The number of amides is 3. The minimum absolute atomic E-state index is 0.00439. The van der Waals surface area contributed by atoms with Gasteiger partial charge in [0.2, 0.25) is 5.91 Å². The van der Waals surface area contributed by atoms with E-state index in [0.29, 0.717) is 30.8 Å². The van der Waals surface area contributed by atoms with Crippen molar-refractivity contribution >= 4 is 29.1 Å². The van der Waals surface area contributed by atoms with Crippen molar-refractivity contribution in [2.45, 2.75) is 0 Å². The van der Waals surface area contributed by atoms with E-state index in [4.69, 9.17) is 0 Å². The van der Waals surface area contributed by atoms with Gasteiger partial charge in [0.15, 0.2) is 0 Å². The average molecular weight is 401 g/mol. The van der Waals surface area contributed by atoms with Crippen LogP contribution in [0.25, 0.3) is 0 Å². The molecule has 148 valence electrons. The van der Waals surface area contributed by atoms with Crippen molar-refractivity contribution in [3.8, 4) is 0 Å². The maximum Gasteiger partial charge on any atom is 0.252 e. The lowest BCUT2D eigenvalue weighted by atomic mass is 10.2. The second-order valence-electron chi connectivity index (χ2n) is 6.54. The maximum absolute atomic E-state index is 12.3. The van der Waals surface area contributed by atoms with Gasteiger partial charge in [-0.05, 0) is 23.6 Å². The van der Waals surface area contributed by atoms with Gasteiger partial charge < -0.3 is 15.5 Å². The predicted octanol–water partition coefficient (Wildman–Crippen LogP) is 1.05. The van der Waals surface area contributed by atoms with Crippen LogP contribution in [-0.2, 0) is 4.79 Å². The Morgan fingerprint density at radius 1 is 0.893 bits per heavy atom. The van der Waals surface area contributed by atoms with Crippen LogP contribution in [0, 0.1) is 0 Å². The lowest BCUT2D eigenvalue weighted by Gasteiger charge is -2.34. The number of benzene rings is 1. The number of piperazine rings is 1. The van der Waals surface area contributed by atoms with Gasteiger partial charge >= 0.3 is 0 Å². The monoisotopic (exact) mass is 400 g/mol. The van der Waals surface area contributed by atoms with Crippen LogP contribution in [0.3, 0.4) is 0 Å². The highest BCUT2D eigenvalue weighted by atomic mass is 32.1. The summed E-state index contributed by atoms with van der Waals surface area (Å²) in [6.07, 6.45) is 0. The number of hydrogen-bond donors (Lipinski definition) is 2. The van der Waals surface area contributed by atoms with Crippen molar-refractivity contribution in [2.75, 3.05) is 45.8 Å². The highest BCUT2D eigenvalue weighted by Crippen LogP contribution is 2.06. The van der Waals surface area contributed by atoms with E-state index >= 15 is 0 Å². The number of carbonyl (C=O) groups excluding carboxylic acids is 3. The van der Waals surface area contributed by atoms with Crippen LogP contribution in [0.15, 0.2) is 47.2 Å². The fraction of sp³-hybridized carbons (Fsp3) is 0.350. The molecule has 0 aliphatic carbocycles. The fourth-order valence-corrected chi connectivity index (χ4v) is 3.64. The molecule has 0 saturated carbocycles. The molecule has 2 heterocycles. The first-order chi connectivity index (χ1) is 13.6. The van der Waals surface area contributed by atoms with Gasteiger partial charge in [-0.25, -0.2) is 0 Å². The quantitative estimate of drug-likeness (QED) is 0.728. The Morgan fingerprint density at radius 3 is 2.29 bits per heavy atom. The zero-order valence-corrected chi connectivity index (χ0v) is 16.4. The Kier molecular flexibility index (Phi) is 7.16. The Hall–Kier alpha value is -2.71. The van der Waals surface area contributed by atoms with Crippen molar-refractivity contribution in [1.82, 2.24) is 20.4 Å². The third-order valence-corrected chi connectivity index (χ3v) is 5.34. The first kappa shape index (κ1) is 20.0. The standard InChI is InChI=1S/C20H24N4O3S/c25-18(14-22-19(26)16-4-2-1-3-5-16)24-11-9-23(10-12-24)8-7-21-20(27)17-6-13-28-15-17/h1-6,13,15H,7-12,14H2,(H,21,27)(H,22,26). The Balaban J connectivity index is 1.32. The fourth-order valence-electron chi connectivity index (χ4n) is 3.00. The molecule has 3 rings (SSSR count). The van der Waals surface area contributed by atoms with Crippen LogP contribution in [0.5, 0.6) is 0 Å². The highest BCUT2D eigenvalue weighted by Gasteiger charge is 2.21. The summed E-state index contributed by atoms with van der Waals surface area (Å²) >= 11 is 1.50. The van der Waals surface area contributed by atoms with Crippen LogP contribution >= 0.6 is 11.3 Å². The summed E-state index contributed by atoms with van der Waals surface area (Å²) in [7, 11) is 0. The van der Waals surface area contributed by atoms with Crippen LogP contribution in [0.4, 0.5) is 0 Å². The first-order valence-corrected chi connectivity index (χ1v) is 10.2.